The van der Waals surface area contributed by atoms with Crippen molar-refractivity contribution < 1.29 is 0 Å². The van der Waals surface area contributed by atoms with Crippen LogP contribution in [0.25, 0.3) is 75.8 Å². The second-order valence-electron chi connectivity index (χ2n) is 17.9. The van der Waals surface area contributed by atoms with Crippen LogP contribution in [-0.4, -0.2) is 0 Å². The van der Waals surface area contributed by atoms with Crippen LogP contribution >= 0.6 is 11.3 Å². The van der Waals surface area contributed by atoms with Gasteiger partial charge in [0, 0.05) is 37.1 Å². The van der Waals surface area contributed by atoms with Gasteiger partial charge in [-0.15, -0.1) is 11.3 Å². The predicted octanol–water partition coefficient (Wildman–Crippen LogP) is 18.6. The molecule has 1 heterocycles. The van der Waals surface area contributed by atoms with Gasteiger partial charge >= 0.3 is 0 Å². The molecular formula is C67H45NS. The maximum absolute atomic E-state index is 2.48. The topological polar surface area (TPSA) is 3.24 Å². The lowest BCUT2D eigenvalue weighted by Gasteiger charge is -2.35. The summed E-state index contributed by atoms with van der Waals surface area (Å²) in [6, 6.07) is 101. The van der Waals surface area contributed by atoms with Crippen molar-refractivity contribution in [2.75, 3.05) is 4.90 Å². The van der Waals surface area contributed by atoms with Gasteiger partial charge in [0.15, 0.2) is 0 Å². The highest BCUT2D eigenvalue weighted by atomic mass is 32.1. The van der Waals surface area contributed by atoms with Gasteiger partial charge in [0.1, 0.15) is 0 Å². The molecule has 13 rings (SSSR count). The average Bonchev–Trinajstić information content (AvgIpc) is 3.96. The zero-order chi connectivity index (χ0) is 45.7. The highest BCUT2D eigenvalue weighted by molar-refractivity contribution is 7.25. The molecule has 0 atom stereocenters. The van der Waals surface area contributed by atoms with E-state index in [1.54, 1.807) is 0 Å². The summed E-state index contributed by atoms with van der Waals surface area (Å²) in [6.07, 6.45) is 0. The Morgan fingerprint density at radius 1 is 0.304 bits per heavy atom. The molecule has 11 aromatic carbocycles. The SMILES string of the molecule is c1ccc(-c2ccc(N(c3ccc(C4(c5ccccc5)c5ccccc5-c5ccccc54)cc3)c3cccc(-c4cccc5sc6ccccc6c45)c3-c3cccc(-c4ccccc4)c3)cc2)cc1. The Morgan fingerprint density at radius 2 is 0.768 bits per heavy atom. The van der Waals surface area contributed by atoms with Crippen molar-refractivity contribution in [3.63, 3.8) is 0 Å². The quantitative estimate of drug-likeness (QED) is 0.140. The third kappa shape index (κ3) is 6.75. The molecule has 0 spiro atoms. The van der Waals surface area contributed by atoms with Crippen LogP contribution in [0, 0.1) is 0 Å². The van der Waals surface area contributed by atoms with Crippen LogP contribution in [0.4, 0.5) is 17.1 Å². The molecule has 69 heavy (non-hydrogen) atoms. The van der Waals surface area contributed by atoms with Crippen molar-refractivity contribution in [3.05, 3.63) is 295 Å². The molecule has 0 fully saturated rings. The van der Waals surface area contributed by atoms with E-state index < -0.39 is 5.41 Å². The van der Waals surface area contributed by atoms with Gasteiger partial charge in [0.25, 0.3) is 0 Å². The van der Waals surface area contributed by atoms with Crippen LogP contribution in [-0.2, 0) is 5.41 Å². The van der Waals surface area contributed by atoms with Crippen LogP contribution in [0.3, 0.4) is 0 Å². The van der Waals surface area contributed by atoms with Crippen molar-refractivity contribution in [2.45, 2.75) is 5.41 Å². The van der Waals surface area contributed by atoms with E-state index in [0.717, 1.165) is 22.6 Å². The monoisotopic (exact) mass is 895 g/mol. The second kappa shape index (κ2) is 16.9. The number of benzene rings is 11. The molecule has 1 aliphatic carbocycles. The van der Waals surface area contributed by atoms with Crippen LogP contribution in [0.5, 0.6) is 0 Å². The molecule has 1 aromatic heterocycles. The number of hydrogen-bond acceptors (Lipinski definition) is 2. The predicted molar refractivity (Wildman–Crippen MR) is 293 cm³/mol. The maximum Gasteiger partial charge on any atom is 0.0713 e. The van der Waals surface area contributed by atoms with Crippen LogP contribution < -0.4 is 4.90 Å². The van der Waals surface area contributed by atoms with Crippen molar-refractivity contribution >= 4 is 48.6 Å². The van der Waals surface area contributed by atoms with Gasteiger partial charge in [-0.3, -0.25) is 0 Å². The highest BCUT2D eigenvalue weighted by Crippen LogP contribution is 2.57. The first-order valence-corrected chi connectivity index (χ1v) is 24.6. The maximum atomic E-state index is 2.48. The highest BCUT2D eigenvalue weighted by Gasteiger charge is 2.45. The molecule has 2 heteroatoms. The number of nitrogens with zero attached hydrogens (tertiary/aromatic N) is 1. The van der Waals surface area contributed by atoms with Gasteiger partial charge in [0.05, 0.1) is 11.1 Å². The van der Waals surface area contributed by atoms with E-state index in [9.17, 15) is 0 Å². The summed E-state index contributed by atoms with van der Waals surface area (Å²) >= 11 is 1.87. The molecule has 0 N–H and O–H groups in total. The van der Waals surface area contributed by atoms with Crippen LogP contribution in [0.2, 0.25) is 0 Å². The lowest BCUT2D eigenvalue weighted by molar-refractivity contribution is 0.768. The molecule has 0 radical (unpaired) electrons. The summed E-state index contributed by atoms with van der Waals surface area (Å²) in [7, 11) is 0. The number of fused-ring (bicyclic) bond motifs is 6. The van der Waals surface area contributed by atoms with Gasteiger partial charge in [-0.1, -0.05) is 224 Å². The molecule has 0 unspecified atom stereocenters. The normalized spacial score (nSPS) is 12.5. The summed E-state index contributed by atoms with van der Waals surface area (Å²) in [5, 5.41) is 2.58. The average molecular weight is 896 g/mol. The first-order valence-electron chi connectivity index (χ1n) is 23.7. The molecule has 0 aliphatic heterocycles. The summed E-state index contributed by atoms with van der Waals surface area (Å²) in [5.41, 5.74) is 19.9. The third-order valence-corrected chi connectivity index (χ3v) is 15.3. The minimum Gasteiger partial charge on any atom is -0.310 e. The lowest BCUT2D eigenvalue weighted by Crippen LogP contribution is -2.28. The Kier molecular flexibility index (Phi) is 10.00. The summed E-state index contributed by atoms with van der Waals surface area (Å²) in [5.74, 6) is 0. The van der Waals surface area contributed by atoms with Gasteiger partial charge in [-0.2, -0.15) is 0 Å². The van der Waals surface area contributed by atoms with Gasteiger partial charge in [0.2, 0.25) is 0 Å². The van der Waals surface area contributed by atoms with Gasteiger partial charge < -0.3 is 4.90 Å². The molecule has 0 amide bonds. The number of thiophene rings is 1. The molecule has 1 nitrogen and oxygen atoms in total. The molecule has 0 saturated carbocycles. The van der Waals surface area contributed by atoms with E-state index in [4.69, 9.17) is 0 Å². The number of hydrogen-bond donors (Lipinski definition) is 0. The molecule has 324 valence electrons. The Bertz CT molecular complexity index is 3770. The third-order valence-electron chi connectivity index (χ3n) is 14.2. The van der Waals surface area contributed by atoms with E-state index >= 15 is 0 Å². The van der Waals surface area contributed by atoms with Crippen molar-refractivity contribution in [1.82, 2.24) is 0 Å². The Morgan fingerprint density at radius 3 is 1.46 bits per heavy atom. The fourth-order valence-corrected chi connectivity index (χ4v) is 12.3. The number of anilines is 3. The van der Waals surface area contributed by atoms with Crippen LogP contribution in [0.15, 0.2) is 273 Å². The smallest absolute Gasteiger partial charge is 0.0713 e. The Hall–Kier alpha value is -8.56. The minimum atomic E-state index is -0.500. The first kappa shape index (κ1) is 40.7. The first-order chi connectivity index (χ1) is 34.2. The van der Waals surface area contributed by atoms with Crippen molar-refractivity contribution in [1.29, 1.82) is 0 Å². The van der Waals surface area contributed by atoms with E-state index in [1.807, 2.05) is 11.3 Å². The summed E-state index contributed by atoms with van der Waals surface area (Å²) < 4.78 is 2.58. The zero-order valence-electron chi connectivity index (χ0n) is 37.8. The van der Waals surface area contributed by atoms with E-state index in [2.05, 4.69) is 278 Å². The van der Waals surface area contributed by atoms with Crippen LogP contribution in [0.1, 0.15) is 22.3 Å². The zero-order valence-corrected chi connectivity index (χ0v) is 38.7. The Labute approximate surface area is 407 Å². The molecule has 0 saturated heterocycles. The molecule has 1 aliphatic rings. The summed E-state index contributed by atoms with van der Waals surface area (Å²) in [4.78, 5) is 2.48. The minimum absolute atomic E-state index is 0.500. The van der Waals surface area contributed by atoms with Gasteiger partial charge in [-0.05, 0) is 121 Å². The second-order valence-corrected chi connectivity index (χ2v) is 19.0. The largest absolute Gasteiger partial charge is 0.310 e. The van der Waals surface area contributed by atoms with E-state index in [-0.39, 0.29) is 0 Å². The van der Waals surface area contributed by atoms with Gasteiger partial charge in [-0.25, -0.2) is 0 Å². The lowest BCUT2D eigenvalue weighted by atomic mass is 9.68. The number of rotatable bonds is 9. The van der Waals surface area contributed by atoms with E-state index in [0.29, 0.717) is 0 Å². The molecule has 12 aromatic rings. The summed E-state index contributed by atoms with van der Waals surface area (Å²) in [6.45, 7) is 0. The molecular weight excluding hydrogens is 851 g/mol. The van der Waals surface area contributed by atoms with Crippen molar-refractivity contribution in [2.24, 2.45) is 0 Å². The fraction of sp³-hybridized carbons (Fsp3) is 0.0149. The fourth-order valence-electron chi connectivity index (χ4n) is 11.2. The Balaban J connectivity index is 1.07. The van der Waals surface area contributed by atoms with E-state index in [1.165, 1.54) is 92.5 Å². The molecule has 0 bridgehead atoms. The van der Waals surface area contributed by atoms with Crippen molar-refractivity contribution in [3.8, 4) is 55.6 Å². The standard InChI is InChI=1S/C67H45NS/c1-4-19-46(20-5-1)48-37-41-53(42-38-48)68(54-43-39-52(40-44-54)67(51-25-8-3-9-26-51)60-32-13-10-27-55(60)56-28-11-14-33-61(56)67)62-34-17-30-57(58-31-18-36-64-66(58)59-29-12-15-35-63(59)69-64)65(62)50-24-16-23-49(45-50)47-21-6-2-7-22-47/h1-45H.